The number of hydrogen-bond acceptors (Lipinski definition) is 7. The van der Waals surface area contributed by atoms with Crippen LogP contribution in [0.5, 0.6) is 0 Å². The first kappa shape index (κ1) is 15.4. The van der Waals surface area contributed by atoms with Gasteiger partial charge in [0.15, 0.2) is 0 Å². The van der Waals surface area contributed by atoms with Gasteiger partial charge in [-0.25, -0.2) is 0 Å². The van der Waals surface area contributed by atoms with Gasteiger partial charge in [0.05, 0.1) is 4.90 Å². The van der Waals surface area contributed by atoms with E-state index < -0.39 is 21.9 Å². The summed E-state index contributed by atoms with van der Waals surface area (Å²) in [6, 6.07) is 5.51. The maximum atomic E-state index is 11.8. The molecule has 20 heavy (non-hydrogen) atoms. The third kappa shape index (κ3) is 3.44. The van der Waals surface area contributed by atoms with Crippen molar-refractivity contribution >= 4 is 21.9 Å². The van der Waals surface area contributed by atoms with Gasteiger partial charge in [0.2, 0.25) is 12.0 Å². The lowest BCUT2D eigenvalue weighted by atomic mass is 10.2. The van der Waals surface area contributed by atoms with Crippen molar-refractivity contribution in [1.29, 1.82) is 5.26 Å². The monoisotopic (exact) mass is 298 g/mol. The van der Waals surface area contributed by atoms with Crippen molar-refractivity contribution in [2.24, 2.45) is 10.9 Å². The van der Waals surface area contributed by atoms with Crippen LogP contribution in [-0.2, 0) is 19.2 Å². The Morgan fingerprint density at radius 2 is 2.00 bits per heavy atom. The number of aryl methyl sites for hydroxylation is 1. The zero-order valence-electron chi connectivity index (χ0n) is 10.2. The van der Waals surface area contributed by atoms with E-state index in [0.29, 0.717) is 0 Å². The van der Waals surface area contributed by atoms with E-state index in [1.165, 1.54) is 24.3 Å². The SMILES string of the molecule is Cc1ccc(S(=O)(=O)ON(C#N)C(=O)C(N)=NO)cc1. The molecule has 0 fully saturated rings. The fraction of sp³-hybridized carbons (Fsp3) is 0.100. The number of carbonyl (C=O) groups excluding carboxylic acids is 1. The van der Waals surface area contributed by atoms with Gasteiger partial charge in [0.25, 0.3) is 0 Å². The van der Waals surface area contributed by atoms with E-state index in [-0.39, 0.29) is 9.96 Å². The Balaban J connectivity index is 3.03. The number of oxime groups is 1. The molecule has 0 saturated heterocycles. The van der Waals surface area contributed by atoms with Gasteiger partial charge >= 0.3 is 16.0 Å². The lowest BCUT2D eigenvalue weighted by Gasteiger charge is -2.11. The molecule has 0 saturated carbocycles. The Labute approximate surface area is 114 Å². The van der Waals surface area contributed by atoms with Gasteiger partial charge in [0.1, 0.15) is 0 Å². The first-order valence-electron chi connectivity index (χ1n) is 5.05. The average Bonchev–Trinajstić information content (AvgIpc) is 2.43. The van der Waals surface area contributed by atoms with E-state index in [2.05, 4.69) is 9.44 Å². The molecule has 0 heterocycles. The third-order valence-corrected chi connectivity index (χ3v) is 3.28. The molecule has 1 aromatic carbocycles. The normalized spacial score (nSPS) is 11.7. The predicted octanol–water partition coefficient (Wildman–Crippen LogP) is -0.329. The van der Waals surface area contributed by atoms with Crippen molar-refractivity contribution in [2.45, 2.75) is 11.8 Å². The summed E-state index contributed by atoms with van der Waals surface area (Å²) in [6.45, 7) is 1.75. The van der Waals surface area contributed by atoms with Crippen LogP contribution in [0, 0.1) is 18.4 Å². The molecule has 0 bridgehead atoms. The summed E-state index contributed by atoms with van der Waals surface area (Å²) in [4.78, 5) is 11.1. The summed E-state index contributed by atoms with van der Waals surface area (Å²) in [5.41, 5.74) is 5.77. The van der Waals surface area contributed by atoms with Gasteiger partial charge in [-0.3, -0.25) is 4.79 Å². The van der Waals surface area contributed by atoms with Crippen molar-refractivity contribution in [2.75, 3.05) is 0 Å². The lowest BCUT2D eigenvalue weighted by molar-refractivity contribution is -0.138. The number of nitrogens with two attached hydrogens (primary N) is 1. The van der Waals surface area contributed by atoms with Gasteiger partial charge in [0, 0.05) is 0 Å². The summed E-state index contributed by atoms with van der Waals surface area (Å²) in [5, 5.41) is 19.1. The van der Waals surface area contributed by atoms with Gasteiger partial charge in [-0.05, 0) is 19.1 Å². The number of hydrogen-bond donors (Lipinski definition) is 2. The molecule has 10 heteroatoms. The smallest absolute Gasteiger partial charge is 0.331 e. The first-order valence-corrected chi connectivity index (χ1v) is 6.45. The number of hydroxylamine groups is 2. The van der Waals surface area contributed by atoms with E-state index in [1.807, 2.05) is 0 Å². The van der Waals surface area contributed by atoms with Crippen LogP contribution in [0.3, 0.4) is 0 Å². The van der Waals surface area contributed by atoms with E-state index >= 15 is 0 Å². The van der Waals surface area contributed by atoms with Crippen LogP contribution in [0.2, 0.25) is 0 Å². The van der Waals surface area contributed by atoms with Crippen molar-refractivity contribution in [3.8, 4) is 6.19 Å². The molecule has 1 amide bonds. The maximum absolute atomic E-state index is 11.8. The number of rotatable bonds is 3. The number of benzene rings is 1. The number of carbonyl (C=O) groups is 1. The van der Waals surface area contributed by atoms with Gasteiger partial charge in [-0.2, -0.15) is 13.7 Å². The molecular weight excluding hydrogens is 288 g/mol. The Morgan fingerprint density at radius 1 is 1.45 bits per heavy atom. The second-order valence-corrected chi connectivity index (χ2v) is 5.06. The third-order valence-electron chi connectivity index (χ3n) is 2.08. The van der Waals surface area contributed by atoms with Crippen LogP contribution in [0.4, 0.5) is 0 Å². The summed E-state index contributed by atoms with van der Waals surface area (Å²) in [5.74, 6) is -2.41. The van der Waals surface area contributed by atoms with Gasteiger partial charge < -0.3 is 10.9 Å². The quantitative estimate of drug-likeness (QED) is 0.194. The van der Waals surface area contributed by atoms with Crippen molar-refractivity contribution in [3.63, 3.8) is 0 Å². The zero-order chi connectivity index (χ0) is 15.3. The summed E-state index contributed by atoms with van der Waals surface area (Å²) in [7, 11) is -4.38. The van der Waals surface area contributed by atoms with Gasteiger partial charge in [-0.1, -0.05) is 27.9 Å². The van der Waals surface area contributed by atoms with Crippen molar-refractivity contribution in [1.82, 2.24) is 5.06 Å². The highest BCUT2D eigenvalue weighted by Gasteiger charge is 2.27. The fourth-order valence-electron chi connectivity index (χ4n) is 1.09. The molecule has 106 valence electrons. The van der Waals surface area contributed by atoms with E-state index in [1.54, 1.807) is 6.92 Å². The summed E-state index contributed by atoms with van der Waals surface area (Å²) >= 11 is 0. The minimum Gasteiger partial charge on any atom is -0.409 e. The zero-order valence-corrected chi connectivity index (χ0v) is 11.0. The average molecular weight is 298 g/mol. The second kappa shape index (κ2) is 6.00. The number of nitriles is 1. The molecule has 0 aliphatic heterocycles. The highest BCUT2D eigenvalue weighted by Crippen LogP contribution is 2.14. The van der Waals surface area contributed by atoms with Crippen molar-refractivity contribution < 1.29 is 22.7 Å². The highest BCUT2D eigenvalue weighted by atomic mass is 32.2. The van der Waals surface area contributed by atoms with E-state index in [4.69, 9.17) is 16.2 Å². The second-order valence-electron chi connectivity index (χ2n) is 3.53. The standard InChI is InChI=1S/C10H10N4O5S/c1-7-2-4-8(5-3-7)20(17,18)19-14(6-11)10(15)9(12)13-16/h2-5,16H,1H3,(H2,12,13). The molecule has 1 rings (SSSR count). The van der Waals surface area contributed by atoms with Crippen LogP contribution in [0.15, 0.2) is 34.3 Å². The van der Waals surface area contributed by atoms with E-state index in [0.717, 1.165) is 11.8 Å². The number of nitrogens with zero attached hydrogens (tertiary/aromatic N) is 3. The van der Waals surface area contributed by atoms with Crippen LogP contribution < -0.4 is 5.73 Å². The van der Waals surface area contributed by atoms with Gasteiger partial charge in [-0.15, -0.1) is 4.28 Å². The van der Waals surface area contributed by atoms with Crippen LogP contribution >= 0.6 is 0 Å². The summed E-state index contributed by atoms with van der Waals surface area (Å²) < 4.78 is 28.0. The molecule has 9 nitrogen and oxygen atoms in total. The minimum absolute atomic E-state index is 0.204. The van der Waals surface area contributed by atoms with E-state index in [9.17, 15) is 13.2 Å². The highest BCUT2D eigenvalue weighted by molar-refractivity contribution is 7.86. The number of amides is 1. The predicted molar refractivity (Wildman–Crippen MR) is 65.3 cm³/mol. The molecule has 0 atom stereocenters. The van der Waals surface area contributed by atoms with Crippen LogP contribution in [-0.4, -0.2) is 30.4 Å². The molecule has 1 aromatic rings. The molecule has 0 aromatic heterocycles. The Kier molecular flexibility index (Phi) is 4.63. The molecule has 0 radical (unpaired) electrons. The maximum Gasteiger partial charge on any atom is 0.331 e. The number of amidine groups is 1. The molecule has 0 spiro atoms. The topological polar surface area (TPSA) is 146 Å². The molecular formula is C10H10N4O5S. The van der Waals surface area contributed by atoms with Crippen molar-refractivity contribution in [3.05, 3.63) is 29.8 Å². The molecule has 3 N–H and O–H groups in total. The summed E-state index contributed by atoms with van der Waals surface area (Å²) in [6.07, 6.45) is 1.16. The van der Waals surface area contributed by atoms with Crippen LogP contribution in [0.1, 0.15) is 5.56 Å². The molecule has 0 aliphatic carbocycles. The lowest BCUT2D eigenvalue weighted by Crippen LogP contribution is -2.38. The fourth-order valence-corrected chi connectivity index (χ4v) is 1.94. The van der Waals surface area contributed by atoms with Crippen LogP contribution in [0.25, 0.3) is 0 Å². The Bertz CT molecular complexity index is 675. The Hall–Kier alpha value is -2.64. The molecule has 0 aliphatic rings. The first-order chi connectivity index (χ1) is 9.31. The Morgan fingerprint density at radius 3 is 2.45 bits per heavy atom. The largest absolute Gasteiger partial charge is 0.409 e. The minimum atomic E-state index is -4.38. The molecule has 0 unspecified atom stereocenters.